The van der Waals surface area contributed by atoms with Crippen LogP contribution < -0.4 is 5.32 Å². The summed E-state index contributed by atoms with van der Waals surface area (Å²) in [6.07, 6.45) is 0. The molecule has 4 nitrogen and oxygen atoms in total. The van der Waals surface area contributed by atoms with Crippen LogP contribution in [0.1, 0.15) is 50.6 Å². The third-order valence-electron chi connectivity index (χ3n) is 4.67. The first-order chi connectivity index (χ1) is 12.5. The number of carbonyl (C=O) groups excluding carboxylic acids is 1. The summed E-state index contributed by atoms with van der Waals surface area (Å²) in [4.78, 5) is 16.7. The van der Waals surface area contributed by atoms with E-state index >= 15 is 0 Å². The predicted octanol–water partition coefficient (Wildman–Crippen LogP) is 4.48. The zero-order chi connectivity index (χ0) is 18.7. The molecule has 0 saturated heterocycles. The molecule has 1 N–H and O–H groups in total. The summed E-state index contributed by atoms with van der Waals surface area (Å²) in [5.41, 5.74) is 4.62. The first kappa shape index (κ1) is 18.2. The summed E-state index contributed by atoms with van der Waals surface area (Å²) < 4.78 is 2.19. The molecule has 0 fully saturated rings. The fourth-order valence-corrected chi connectivity index (χ4v) is 3.00. The molecule has 0 atom stereocenters. The van der Waals surface area contributed by atoms with Gasteiger partial charge in [0.25, 0.3) is 0 Å². The lowest BCUT2D eigenvalue weighted by Gasteiger charge is -2.12. The molecule has 0 bridgehead atoms. The monoisotopic (exact) mass is 349 g/mol. The van der Waals surface area contributed by atoms with Crippen LogP contribution in [0.4, 0.5) is 0 Å². The average molecular weight is 349 g/mol. The number of benzene rings is 2. The highest BCUT2D eigenvalue weighted by atomic mass is 16.1. The Morgan fingerprint density at radius 1 is 1.04 bits per heavy atom. The van der Waals surface area contributed by atoms with Gasteiger partial charge in [-0.3, -0.25) is 4.79 Å². The molecule has 0 aliphatic rings. The van der Waals surface area contributed by atoms with Crippen LogP contribution in [0, 0.1) is 5.92 Å². The Labute approximate surface area is 155 Å². The van der Waals surface area contributed by atoms with E-state index in [9.17, 15) is 4.79 Å². The first-order valence-corrected chi connectivity index (χ1v) is 9.26. The topological polar surface area (TPSA) is 46.9 Å². The molecular weight excluding hydrogens is 322 g/mol. The Hall–Kier alpha value is -2.62. The van der Waals surface area contributed by atoms with Crippen molar-refractivity contribution in [1.82, 2.24) is 14.9 Å². The van der Waals surface area contributed by atoms with Crippen molar-refractivity contribution in [2.45, 2.75) is 46.7 Å². The van der Waals surface area contributed by atoms with Gasteiger partial charge in [-0.2, -0.15) is 0 Å². The highest BCUT2D eigenvalue weighted by Crippen LogP contribution is 2.20. The molecule has 0 radical (unpaired) electrons. The van der Waals surface area contributed by atoms with Crippen LogP contribution in [-0.4, -0.2) is 15.5 Å². The van der Waals surface area contributed by atoms with Crippen molar-refractivity contribution in [3.05, 3.63) is 65.5 Å². The van der Waals surface area contributed by atoms with E-state index in [1.54, 1.807) is 0 Å². The first-order valence-electron chi connectivity index (χ1n) is 9.26. The van der Waals surface area contributed by atoms with Crippen molar-refractivity contribution in [3.8, 4) is 0 Å². The second-order valence-corrected chi connectivity index (χ2v) is 7.37. The normalized spacial score (nSPS) is 11.5. The number of para-hydroxylation sites is 2. The molecule has 0 unspecified atom stereocenters. The highest BCUT2D eigenvalue weighted by molar-refractivity contribution is 5.78. The van der Waals surface area contributed by atoms with Gasteiger partial charge in [0.15, 0.2) is 0 Å². The second kappa shape index (κ2) is 7.73. The van der Waals surface area contributed by atoms with Gasteiger partial charge in [-0.15, -0.1) is 0 Å². The van der Waals surface area contributed by atoms with Gasteiger partial charge >= 0.3 is 0 Å². The van der Waals surface area contributed by atoms with Gasteiger partial charge in [-0.1, -0.05) is 64.1 Å². The molecule has 0 aliphatic carbocycles. The zero-order valence-corrected chi connectivity index (χ0v) is 16.0. The van der Waals surface area contributed by atoms with E-state index in [2.05, 4.69) is 54.1 Å². The third-order valence-corrected chi connectivity index (χ3v) is 4.67. The van der Waals surface area contributed by atoms with Crippen molar-refractivity contribution >= 4 is 16.9 Å². The largest absolute Gasteiger partial charge is 0.349 e. The van der Waals surface area contributed by atoms with Crippen LogP contribution in [0.25, 0.3) is 11.0 Å². The van der Waals surface area contributed by atoms with Crippen molar-refractivity contribution in [2.75, 3.05) is 0 Å². The van der Waals surface area contributed by atoms with Crippen LogP contribution in [-0.2, 0) is 17.9 Å². The van der Waals surface area contributed by atoms with E-state index in [-0.39, 0.29) is 11.8 Å². The van der Waals surface area contributed by atoms with E-state index in [0.29, 0.717) is 12.5 Å². The van der Waals surface area contributed by atoms with Crippen molar-refractivity contribution < 1.29 is 4.79 Å². The molecule has 0 spiro atoms. The Balaban J connectivity index is 1.89. The van der Waals surface area contributed by atoms with Gasteiger partial charge in [-0.05, 0) is 29.2 Å². The summed E-state index contributed by atoms with van der Waals surface area (Å²) in [7, 11) is 0. The summed E-state index contributed by atoms with van der Waals surface area (Å²) in [6, 6.07) is 16.9. The maximum absolute atomic E-state index is 12.0. The summed E-state index contributed by atoms with van der Waals surface area (Å²) >= 11 is 0. The fourth-order valence-electron chi connectivity index (χ4n) is 3.00. The molecule has 2 aromatic carbocycles. The maximum atomic E-state index is 12.0. The molecule has 1 heterocycles. The van der Waals surface area contributed by atoms with Gasteiger partial charge in [-0.25, -0.2) is 4.98 Å². The van der Waals surface area contributed by atoms with Crippen LogP contribution >= 0.6 is 0 Å². The fraction of sp³-hybridized carbons (Fsp3) is 0.364. The van der Waals surface area contributed by atoms with Crippen LogP contribution in [0.3, 0.4) is 0 Å². The van der Waals surface area contributed by atoms with Gasteiger partial charge in [0.2, 0.25) is 5.91 Å². The Kier molecular flexibility index (Phi) is 5.40. The van der Waals surface area contributed by atoms with Crippen molar-refractivity contribution in [1.29, 1.82) is 0 Å². The number of carbonyl (C=O) groups is 1. The standard InChI is InChI=1S/C22H27N3O/c1-15(2)18-11-9-17(10-12-18)14-25-20-8-6-5-7-19(20)24-21(25)13-23-22(26)16(3)4/h5-12,15-16H,13-14H2,1-4H3,(H,23,26). The Morgan fingerprint density at radius 3 is 2.38 bits per heavy atom. The molecule has 1 aromatic heterocycles. The second-order valence-electron chi connectivity index (χ2n) is 7.37. The number of hydrogen-bond donors (Lipinski definition) is 1. The Bertz CT molecular complexity index is 891. The number of hydrogen-bond acceptors (Lipinski definition) is 2. The van der Waals surface area contributed by atoms with E-state index in [4.69, 9.17) is 4.98 Å². The van der Waals surface area contributed by atoms with Gasteiger partial charge < -0.3 is 9.88 Å². The van der Waals surface area contributed by atoms with Crippen molar-refractivity contribution in [3.63, 3.8) is 0 Å². The average Bonchev–Trinajstić information content (AvgIpc) is 2.97. The lowest BCUT2D eigenvalue weighted by molar-refractivity contribution is -0.124. The molecule has 26 heavy (non-hydrogen) atoms. The molecule has 0 aliphatic heterocycles. The van der Waals surface area contributed by atoms with Crippen molar-refractivity contribution in [2.24, 2.45) is 5.92 Å². The minimum atomic E-state index is -0.0311. The molecular formula is C22H27N3O. The number of amides is 1. The van der Waals surface area contributed by atoms with Crippen LogP contribution in [0.5, 0.6) is 0 Å². The molecule has 1 amide bonds. The molecule has 0 saturated carbocycles. The number of nitrogens with zero attached hydrogens (tertiary/aromatic N) is 2. The molecule has 136 valence electrons. The minimum absolute atomic E-state index is 0.0311. The van der Waals surface area contributed by atoms with Crippen LogP contribution in [0.2, 0.25) is 0 Å². The lowest BCUT2D eigenvalue weighted by atomic mass is 10.0. The summed E-state index contributed by atoms with van der Waals surface area (Å²) in [5.74, 6) is 1.43. The quantitative estimate of drug-likeness (QED) is 0.713. The predicted molar refractivity (Wildman–Crippen MR) is 106 cm³/mol. The number of imidazole rings is 1. The number of rotatable bonds is 6. The van der Waals surface area contributed by atoms with E-state index in [1.165, 1.54) is 11.1 Å². The maximum Gasteiger partial charge on any atom is 0.222 e. The van der Waals surface area contributed by atoms with E-state index in [1.807, 2.05) is 32.0 Å². The number of aromatic nitrogens is 2. The zero-order valence-electron chi connectivity index (χ0n) is 16.0. The number of fused-ring (bicyclic) bond motifs is 1. The van der Waals surface area contributed by atoms with Gasteiger partial charge in [0, 0.05) is 12.5 Å². The molecule has 4 heteroatoms. The molecule has 3 aromatic rings. The van der Waals surface area contributed by atoms with E-state index in [0.717, 1.165) is 23.4 Å². The Morgan fingerprint density at radius 2 is 1.73 bits per heavy atom. The SMILES string of the molecule is CC(C)C(=O)NCc1nc2ccccc2n1Cc1ccc(C(C)C)cc1. The highest BCUT2D eigenvalue weighted by Gasteiger charge is 2.13. The molecule has 3 rings (SSSR count). The smallest absolute Gasteiger partial charge is 0.222 e. The number of nitrogens with one attached hydrogen (secondary N) is 1. The van der Waals surface area contributed by atoms with Crippen LogP contribution in [0.15, 0.2) is 48.5 Å². The summed E-state index contributed by atoms with van der Waals surface area (Å²) in [6.45, 7) is 9.38. The minimum Gasteiger partial charge on any atom is -0.349 e. The lowest BCUT2D eigenvalue weighted by Crippen LogP contribution is -2.28. The van der Waals surface area contributed by atoms with Gasteiger partial charge in [0.1, 0.15) is 5.82 Å². The van der Waals surface area contributed by atoms with Gasteiger partial charge in [0.05, 0.1) is 17.6 Å². The third kappa shape index (κ3) is 3.96. The summed E-state index contributed by atoms with van der Waals surface area (Å²) in [5, 5.41) is 2.99. The van der Waals surface area contributed by atoms with E-state index < -0.39 is 0 Å².